The number of ketones is 1. The van der Waals surface area contributed by atoms with Crippen LogP contribution in [0.25, 0.3) is 22.4 Å². The summed E-state index contributed by atoms with van der Waals surface area (Å²) < 4.78 is 7.91. The molecule has 0 fully saturated rings. The number of hydrogen-bond donors (Lipinski definition) is 0. The van der Waals surface area contributed by atoms with Crippen molar-refractivity contribution in [2.24, 2.45) is 7.05 Å². The molecule has 5 aromatic rings. The van der Waals surface area contributed by atoms with Crippen LogP contribution in [-0.4, -0.2) is 30.5 Å². The van der Waals surface area contributed by atoms with Crippen molar-refractivity contribution in [3.8, 4) is 23.0 Å². The van der Waals surface area contributed by atoms with Gasteiger partial charge >= 0.3 is 0 Å². The number of ether oxygens (including phenoxy) is 1. The molecule has 7 heteroatoms. The Morgan fingerprint density at radius 2 is 1.91 bits per heavy atom. The molecule has 0 atom stereocenters. The van der Waals surface area contributed by atoms with Gasteiger partial charge in [0.1, 0.15) is 11.1 Å². The zero-order chi connectivity index (χ0) is 23.7. The minimum absolute atomic E-state index is 0.0690. The number of aryl methyl sites for hydroxylation is 3. The van der Waals surface area contributed by atoms with E-state index in [4.69, 9.17) is 4.74 Å². The van der Waals surface area contributed by atoms with Gasteiger partial charge in [-0.2, -0.15) is 10.1 Å². The Labute approximate surface area is 197 Å². The standard InChI is InChI=1S/C27H23N5O2/c1-17-6-4-7-19(12-17)24(33)14-21-13-22(10-9-18(21)2)34-27-23-16-32(3)31-26(23)29-25(30-27)20-8-5-11-28-15-20/h4-13,15-16H,14H2,1-3H3. The van der Waals surface area contributed by atoms with Crippen LogP contribution in [0.15, 0.2) is 73.2 Å². The van der Waals surface area contributed by atoms with Crippen molar-refractivity contribution >= 4 is 16.8 Å². The van der Waals surface area contributed by atoms with Crippen molar-refractivity contribution in [2.75, 3.05) is 0 Å². The molecule has 7 nitrogen and oxygen atoms in total. The molecule has 3 heterocycles. The number of benzene rings is 2. The van der Waals surface area contributed by atoms with E-state index in [1.807, 2.05) is 81.7 Å². The van der Waals surface area contributed by atoms with E-state index in [1.54, 1.807) is 17.1 Å². The Kier molecular flexibility index (Phi) is 5.59. The van der Waals surface area contributed by atoms with Gasteiger partial charge in [-0.15, -0.1) is 0 Å². The number of carbonyl (C=O) groups is 1. The van der Waals surface area contributed by atoms with Gasteiger partial charge in [-0.1, -0.05) is 29.8 Å². The van der Waals surface area contributed by atoms with Crippen molar-refractivity contribution in [2.45, 2.75) is 20.3 Å². The summed E-state index contributed by atoms with van der Waals surface area (Å²) in [6.45, 7) is 3.98. The smallest absolute Gasteiger partial charge is 0.234 e. The van der Waals surface area contributed by atoms with Crippen LogP contribution in [-0.2, 0) is 13.5 Å². The van der Waals surface area contributed by atoms with Crippen LogP contribution in [0.2, 0.25) is 0 Å². The lowest BCUT2D eigenvalue weighted by Gasteiger charge is -2.11. The quantitative estimate of drug-likeness (QED) is 0.329. The van der Waals surface area contributed by atoms with E-state index < -0.39 is 0 Å². The molecule has 5 rings (SSSR count). The molecule has 0 bridgehead atoms. The zero-order valence-corrected chi connectivity index (χ0v) is 19.2. The van der Waals surface area contributed by atoms with Crippen molar-refractivity contribution in [3.05, 3.63) is 95.4 Å². The van der Waals surface area contributed by atoms with E-state index >= 15 is 0 Å². The van der Waals surface area contributed by atoms with Gasteiger partial charge in [0.25, 0.3) is 0 Å². The molecule has 0 amide bonds. The maximum absolute atomic E-state index is 12.9. The summed E-state index contributed by atoms with van der Waals surface area (Å²) in [6, 6.07) is 17.1. The summed E-state index contributed by atoms with van der Waals surface area (Å²) in [4.78, 5) is 26.3. The highest BCUT2D eigenvalue weighted by Gasteiger charge is 2.16. The van der Waals surface area contributed by atoms with Crippen LogP contribution in [0.4, 0.5) is 0 Å². The lowest BCUT2D eigenvalue weighted by atomic mass is 9.98. The number of carbonyl (C=O) groups excluding carboxylic acids is 1. The van der Waals surface area contributed by atoms with Crippen LogP contribution < -0.4 is 4.74 Å². The van der Waals surface area contributed by atoms with E-state index in [9.17, 15) is 4.79 Å². The van der Waals surface area contributed by atoms with Crippen LogP contribution in [0, 0.1) is 13.8 Å². The molecular weight excluding hydrogens is 426 g/mol. The fourth-order valence-electron chi connectivity index (χ4n) is 3.80. The predicted octanol–water partition coefficient (Wildman–Crippen LogP) is 5.26. The third kappa shape index (κ3) is 4.41. The fourth-order valence-corrected chi connectivity index (χ4v) is 3.80. The second-order valence-corrected chi connectivity index (χ2v) is 8.29. The molecule has 0 saturated carbocycles. The molecule has 3 aromatic heterocycles. The minimum atomic E-state index is 0.0690. The summed E-state index contributed by atoms with van der Waals surface area (Å²) in [5.41, 5.74) is 5.01. The maximum atomic E-state index is 12.9. The summed E-state index contributed by atoms with van der Waals surface area (Å²) in [6.07, 6.45) is 5.52. The number of Topliss-reactive ketones (excluding diaryl/α,β-unsaturated/α-hetero) is 1. The highest BCUT2D eigenvalue weighted by atomic mass is 16.5. The first kappa shape index (κ1) is 21.5. The van der Waals surface area contributed by atoms with Crippen molar-refractivity contribution in [3.63, 3.8) is 0 Å². The molecule has 0 spiro atoms. The van der Waals surface area contributed by atoms with Gasteiger partial charge in [0, 0.05) is 43.2 Å². The van der Waals surface area contributed by atoms with E-state index in [-0.39, 0.29) is 5.78 Å². The predicted molar refractivity (Wildman–Crippen MR) is 130 cm³/mol. The van der Waals surface area contributed by atoms with Crippen molar-refractivity contribution in [1.29, 1.82) is 0 Å². The van der Waals surface area contributed by atoms with Gasteiger partial charge < -0.3 is 4.74 Å². The third-order valence-corrected chi connectivity index (χ3v) is 5.60. The largest absolute Gasteiger partial charge is 0.438 e. The first-order valence-electron chi connectivity index (χ1n) is 11.0. The Hall–Kier alpha value is -4.39. The summed E-state index contributed by atoms with van der Waals surface area (Å²) >= 11 is 0. The SMILES string of the molecule is Cc1cccc(C(=O)Cc2cc(Oc3nc(-c4cccnc4)nc4nn(C)cc34)ccc2C)c1. The van der Waals surface area contributed by atoms with Crippen LogP contribution in [0.1, 0.15) is 27.0 Å². The average Bonchev–Trinajstić information content (AvgIpc) is 3.22. The molecule has 0 aliphatic rings. The van der Waals surface area contributed by atoms with Gasteiger partial charge in [-0.05, 0) is 55.3 Å². The van der Waals surface area contributed by atoms with E-state index in [0.29, 0.717) is 40.5 Å². The number of hydrogen-bond acceptors (Lipinski definition) is 6. The summed E-state index contributed by atoms with van der Waals surface area (Å²) in [5, 5.41) is 5.14. The Balaban J connectivity index is 1.49. The summed E-state index contributed by atoms with van der Waals surface area (Å²) in [5.74, 6) is 1.55. The maximum Gasteiger partial charge on any atom is 0.234 e. The number of nitrogens with zero attached hydrogens (tertiary/aromatic N) is 5. The lowest BCUT2D eigenvalue weighted by molar-refractivity contribution is 0.0992. The Morgan fingerprint density at radius 1 is 1.03 bits per heavy atom. The number of aromatic nitrogens is 5. The molecule has 34 heavy (non-hydrogen) atoms. The van der Waals surface area contributed by atoms with Crippen molar-refractivity contribution < 1.29 is 9.53 Å². The molecule has 2 aromatic carbocycles. The lowest BCUT2D eigenvalue weighted by Crippen LogP contribution is -2.05. The number of rotatable bonds is 6. The Bertz CT molecular complexity index is 1510. The van der Waals surface area contributed by atoms with E-state index in [0.717, 1.165) is 22.3 Å². The van der Waals surface area contributed by atoms with E-state index in [2.05, 4.69) is 20.1 Å². The number of fused-ring (bicyclic) bond motifs is 1. The normalized spacial score (nSPS) is 11.0. The molecule has 0 unspecified atom stereocenters. The van der Waals surface area contributed by atoms with Gasteiger partial charge in [-0.25, -0.2) is 4.98 Å². The topological polar surface area (TPSA) is 82.8 Å². The molecule has 0 aliphatic carbocycles. The number of pyridine rings is 1. The van der Waals surface area contributed by atoms with Gasteiger partial charge in [0.2, 0.25) is 5.88 Å². The first-order chi connectivity index (χ1) is 16.5. The van der Waals surface area contributed by atoms with Gasteiger partial charge in [0.05, 0.1) is 0 Å². The third-order valence-electron chi connectivity index (χ3n) is 5.60. The first-order valence-corrected chi connectivity index (χ1v) is 11.0. The van der Waals surface area contributed by atoms with Crippen LogP contribution >= 0.6 is 0 Å². The second-order valence-electron chi connectivity index (χ2n) is 8.29. The highest BCUT2D eigenvalue weighted by Crippen LogP contribution is 2.30. The fraction of sp³-hybridized carbons (Fsp3) is 0.148. The highest BCUT2D eigenvalue weighted by molar-refractivity contribution is 5.97. The van der Waals surface area contributed by atoms with E-state index in [1.165, 1.54) is 0 Å². The van der Waals surface area contributed by atoms with Gasteiger partial charge in [0.15, 0.2) is 17.3 Å². The van der Waals surface area contributed by atoms with Crippen molar-refractivity contribution in [1.82, 2.24) is 24.7 Å². The summed E-state index contributed by atoms with van der Waals surface area (Å²) in [7, 11) is 1.83. The molecule has 168 valence electrons. The molecule has 0 aliphatic heterocycles. The monoisotopic (exact) mass is 449 g/mol. The average molecular weight is 450 g/mol. The molecule has 0 saturated heterocycles. The molecule has 0 radical (unpaired) electrons. The molecular formula is C27H23N5O2. The van der Waals surface area contributed by atoms with Crippen LogP contribution in [0.5, 0.6) is 11.6 Å². The Morgan fingerprint density at radius 3 is 2.71 bits per heavy atom. The minimum Gasteiger partial charge on any atom is -0.438 e. The molecule has 0 N–H and O–H groups in total. The van der Waals surface area contributed by atoms with Crippen LogP contribution in [0.3, 0.4) is 0 Å². The second kappa shape index (κ2) is 8.86. The van der Waals surface area contributed by atoms with Gasteiger partial charge in [-0.3, -0.25) is 14.5 Å². The zero-order valence-electron chi connectivity index (χ0n) is 19.2.